The van der Waals surface area contributed by atoms with E-state index in [9.17, 15) is 4.79 Å². The van der Waals surface area contributed by atoms with Crippen LogP contribution in [0.4, 0.5) is 0 Å². The van der Waals surface area contributed by atoms with E-state index in [4.69, 9.17) is 0 Å². The molecule has 3 heterocycles. The third-order valence-electron chi connectivity index (χ3n) is 6.15. The van der Waals surface area contributed by atoms with Crippen LogP contribution in [0, 0.1) is 5.92 Å². The number of likely N-dealkylation sites (tertiary alicyclic amines) is 1. The summed E-state index contributed by atoms with van der Waals surface area (Å²) in [5.41, 5.74) is 1.23. The Bertz CT molecular complexity index is 734. The Morgan fingerprint density at radius 1 is 1.00 bits per heavy atom. The molecule has 2 fully saturated rings. The van der Waals surface area contributed by atoms with Gasteiger partial charge in [0.2, 0.25) is 5.91 Å². The van der Waals surface area contributed by atoms with E-state index in [0.717, 1.165) is 51.1 Å². The van der Waals surface area contributed by atoms with Crippen LogP contribution in [0.15, 0.2) is 36.9 Å². The van der Waals surface area contributed by atoms with Gasteiger partial charge in [-0.05, 0) is 43.4 Å². The van der Waals surface area contributed by atoms with Crippen LogP contribution in [0.5, 0.6) is 0 Å². The van der Waals surface area contributed by atoms with Gasteiger partial charge in [0.05, 0.1) is 0 Å². The molecule has 0 unspecified atom stereocenters. The predicted molar refractivity (Wildman–Crippen MR) is 105 cm³/mol. The lowest BCUT2D eigenvalue weighted by Crippen LogP contribution is -2.42. The zero-order chi connectivity index (χ0) is 18.5. The van der Waals surface area contributed by atoms with Crippen molar-refractivity contribution < 1.29 is 4.79 Å². The molecule has 144 valence electrons. The Morgan fingerprint density at radius 2 is 1.78 bits per heavy atom. The van der Waals surface area contributed by atoms with Gasteiger partial charge >= 0.3 is 0 Å². The van der Waals surface area contributed by atoms with Gasteiger partial charge in [-0.25, -0.2) is 4.98 Å². The molecule has 27 heavy (non-hydrogen) atoms. The molecule has 0 radical (unpaired) electrons. The number of nitrogens with zero attached hydrogens (tertiary/aromatic N) is 4. The second-order valence-corrected chi connectivity index (χ2v) is 8.08. The summed E-state index contributed by atoms with van der Waals surface area (Å²) in [6.07, 6.45) is 17.0. The number of carbonyl (C=O) groups is 1. The van der Waals surface area contributed by atoms with E-state index in [1.807, 2.05) is 30.7 Å². The van der Waals surface area contributed by atoms with E-state index in [1.54, 1.807) is 0 Å². The van der Waals surface area contributed by atoms with Crippen molar-refractivity contribution in [1.82, 2.24) is 19.4 Å². The minimum absolute atomic E-state index is 0.253. The van der Waals surface area contributed by atoms with Crippen molar-refractivity contribution in [3.63, 3.8) is 0 Å². The van der Waals surface area contributed by atoms with Gasteiger partial charge in [-0.2, -0.15) is 0 Å². The molecule has 2 aromatic heterocycles. The number of piperidine rings is 1. The highest BCUT2D eigenvalue weighted by molar-refractivity contribution is 5.79. The van der Waals surface area contributed by atoms with Gasteiger partial charge in [0.25, 0.3) is 0 Å². The largest absolute Gasteiger partial charge is 0.342 e. The van der Waals surface area contributed by atoms with E-state index < -0.39 is 0 Å². The normalized spacial score (nSPS) is 21.8. The lowest BCUT2D eigenvalue weighted by Gasteiger charge is -2.35. The molecule has 5 nitrogen and oxygen atoms in total. The molecule has 1 saturated heterocycles. The van der Waals surface area contributed by atoms with Crippen molar-refractivity contribution in [2.24, 2.45) is 5.92 Å². The van der Waals surface area contributed by atoms with Crippen LogP contribution in [-0.2, 0) is 11.3 Å². The molecule has 1 aliphatic heterocycles. The van der Waals surface area contributed by atoms with E-state index in [-0.39, 0.29) is 5.92 Å². The monoisotopic (exact) mass is 366 g/mol. The fraction of sp³-hybridized carbons (Fsp3) is 0.591. The Morgan fingerprint density at radius 3 is 2.56 bits per heavy atom. The van der Waals surface area contributed by atoms with E-state index in [0.29, 0.717) is 11.8 Å². The maximum absolute atomic E-state index is 13.1. The number of amides is 1. The van der Waals surface area contributed by atoms with Crippen LogP contribution < -0.4 is 0 Å². The highest BCUT2D eigenvalue weighted by atomic mass is 16.2. The number of rotatable bonds is 4. The highest BCUT2D eigenvalue weighted by Crippen LogP contribution is 2.30. The van der Waals surface area contributed by atoms with Crippen LogP contribution in [0.1, 0.15) is 68.7 Å². The van der Waals surface area contributed by atoms with Gasteiger partial charge in [-0.15, -0.1) is 0 Å². The van der Waals surface area contributed by atoms with Gasteiger partial charge < -0.3 is 9.47 Å². The molecule has 1 saturated carbocycles. The third kappa shape index (κ3) is 4.40. The molecule has 0 spiro atoms. The summed E-state index contributed by atoms with van der Waals surface area (Å²) in [4.78, 5) is 24.0. The third-order valence-corrected chi connectivity index (χ3v) is 6.15. The average molecular weight is 367 g/mol. The summed E-state index contributed by atoms with van der Waals surface area (Å²) in [6, 6.07) is 4.10. The smallest absolute Gasteiger partial charge is 0.225 e. The van der Waals surface area contributed by atoms with Crippen molar-refractivity contribution in [2.45, 2.75) is 63.8 Å². The number of hydrogen-bond acceptors (Lipinski definition) is 3. The Labute approximate surface area is 161 Å². The summed E-state index contributed by atoms with van der Waals surface area (Å²) in [5, 5.41) is 0. The van der Waals surface area contributed by atoms with Crippen LogP contribution in [0.3, 0.4) is 0 Å². The average Bonchev–Trinajstić information content (AvgIpc) is 3.00. The SMILES string of the molecule is O=C(C1CCCCCC1)N1CCC[C@H](c2nccn2Cc2ccncc2)C1. The maximum Gasteiger partial charge on any atom is 0.225 e. The Hall–Kier alpha value is -2.17. The summed E-state index contributed by atoms with van der Waals surface area (Å²) in [5.74, 6) is 2.10. The molecule has 0 bridgehead atoms. The van der Waals surface area contributed by atoms with Gasteiger partial charge in [0.15, 0.2) is 0 Å². The number of carbonyl (C=O) groups excluding carboxylic acids is 1. The molecule has 1 amide bonds. The van der Waals surface area contributed by atoms with Crippen molar-refractivity contribution >= 4 is 5.91 Å². The van der Waals surface area contributed by atoms with E-state index in [2.05, 4.69) is 25.6 Å². The van der Waals surface area contributed by atoms with Crippen molar-refractivity contribution in [1.29, 1.82) is 0 Å². The molecule has 2 aliphatic rings. The molecule has 0 N–H and O–H groups in total. The Kier molecular flexibility index (Phi) is 5.85. The van der Waals surface area contributed by atoms with Gasteiger partial charge in [-0.1, -0.05) is 25.7 Å². The molecular weight excluding hydrogens is 336 g/mol. The number of pyridine rings is 1. The molecule has 1 atom stereocenters. The first kappa shape index (κ1) is 18.2. The first-order chi connectivity index (χ1) is 13.3. The Balaban J connectivity index is 1.44. The minimum Gasteiger partial charge on any atom is -0.342 e. The summed E-state index contributed by atoms with van der Waals surface area (Å²) < 4.78 is 2.24. The highest BCUT2D eigenvalue weighted by Gasteiger charge is 2.31. The fourth-order valence-electron chi connectivity index (χ4n) is 4.67. The summed E-state index contributed by atoms with van der Waals surface area (Å²) in [6.45, 7) is 2.55. The fourth-order valence-corrected chi connectivity index (χ4v) is 4.67. The molecule has 5 heteroatoms. The molecule has 1 aliphatic carbocycles. The van der Waals surface area contributed by atoms with Gasteiger partial charge in [0.1, 0.15) is 5.82 Å². The van der Waals surface area contributed by atoms with E-state index in [1.165, 1.54) is 31.2 Å². The van der Waals surface area contributed by atoms with Crippen molar-refractivity contribution in [2.75, 3.05) is 13.1 Å². The van der Waals surface area contributed by atoms with Crippen LogP contribution >= 0.6 is 0 Å². The number of aromatic nitrogens is 3. The molecule has 4 rings (SSSR count). The van der Waals surface area contributed by atoms with Gasteiger partial charge in [0, 0.05) is 56.3 Å². The maximum atomic E-state index is 13.1. The second kappa shape index (κ2) is 8.68. The quantitative estimate of drug-likeness (QED) is 0.769. The summed E-state index contributed by atoms with van der Waals surface area (Å²) >= 11 is 0. The van der Waals surface area contributed by atoms with Gasteiger partial charge in [-0.3, -0.25) is 9.78 Å². The van der Waals surface area contributed by atoms with Crippen LogP contribution in [-0.4, -0.2) is 38.4 Å². The van der Waals surface area contributed by atoms with Crippen LogP contribution in [0.25, 0.3) is 0 Å². The van der Waals surface area contributed by atoms with Crippen LogP contribution in [0.2, 0.25) is 0 Å². The lowest BCUT2D eigenvalue weighted by molar-refractivity contribution is -0.137. The molecular formula is C22H30N4O. The zero-order valence-corrected chi connectivity index (χ0v) is 16.1. The first-order valence-electron chi connectivity index (χ1n) is 10.5. The first-order valence-corrected chi connectivity index (χ1v) is 10.5. The number of imidazole rings is 1. The minimum atomic E-state index is 0.253. The lowest BCUT2D eigenvalue weighted by atomic mass is 9.93. The molecule has 2 aromatic rings. The van der Waals surface area contributed by atoms with Crippen molar-refractivity contribution in [3.8, 4) is 0 Å². The topological polar surface area (TPSA) is 51.0 Å². The molecule has 0 aromatic carbocycles. The van der Waals surface area contributed by atoms with E-state index >= 15 is 0 Å². The number of hydrogen-bond donors (Lipinski definition) is 0. The van der Waals surface area contributed by atoms with Crippen molar-refractivity contribution in [3.05, 3.63) is 48.3 Å². The summed E-state index contributed by atoms with van der Waals surface area (Å²) in [7, 11) is 0. The standard InChI is InChI=1S/C22H30N4O/c27-22(19-6-3-1-2-4-7-19)26-14-5-8-20(17-26)21-24-13-15-25(21)16-18-9-11-23-12-10-18/h9-13,15,19-20H,1-8,14,16-17H2/t20-/m0/s1. The zero-order valence-electron chi connectivity index (χ0n) is 16.1. The second-order valence-electron chi connectivity index (χ2n) is 8.08. The predicted octanol–water partition coefficient (Wildman–Crippen LogP) is 4.00.